The van der Waals surface area contributed by atoms with E-state index in [2.05, 4.69) is 25.7 Å². The first-order valence-corrected chi connectivity index (χ1v) is 10.5. The summed E-state index contributed by atoms with van der Waals surface area (Å²) in [5.41, 5.74) is 2.26. The van der Waals surface area contributed by atoms with E-state index in [9.17, 15) is 9.59 Å². The summed E-state index contributed by atoms with van der Waals surface area (Å²) >= 11 is 6.09. The molecule has 0 radical (unpaired) electrons. The van der Waals surface area contributed by atoms with Gasteiger partial charge in [-0.1, -0.05) is 23.7 Å². The fourth-order valence-electron chi connectivity index (χ4n) is 3.66. The number of carbonyl (C=O) groups excluding carboxylic acids is 1. The minimum absolute atomic E-state index is 0.0457. The second kappa shape index (κ2) is 9.28. The fourth-order valence-corrected chi connectivity index (χ4v) is 3.86. The van der Waals surface area contributed by atoms with Crippen LogP contribution < -0.4 is 16.2 Å². The SMILES string of the molecule is O=C(NCCN1CCCC1)c1ccc(CNc2ccc3c(=O)[nH]nc(Cl)c3c2)cc1. The summed E-state index contributed by atoms with van der Waals surface area (Å²) in [6.07, 6.45) is 2.51. The van der Waals surface area contributed by atoms with E-state index in [0.717, 1.165) is 30.9 Å². The molecule has 3 N–H and O–H groups in total. The highest BCUT2D eigenvalue weighted by molar-refractivity contribution is 6.34. The second-order valence-electron chi connectivity index (χ2n) is 7.46. The molecular formula is C22H24ClN5O2. The Morgan fingerprint density at radius 1 is 1.10 bits per heavy atom. The Hall–Kier alpha value is -2.90. The van der Waals surface area contributed by atoms with Gasteiger partial charge in [-0.25, -0.2) is 5.10 Å². The second-order valence-corrected chi connectivity index (χ2v) is 7.82. The van der Waals surface area contributed by atoms with E-state index >= 15 is 0 Å². The lowest BCUT2D eigenvalue weighted by molar-refractivity contribution is 0.0949. The van der Waals surface area contributed by atoms with Gasteiger partial charge in [0.1, 0.15) is 0 Å². The molecule has 1 saturated heterocycles. The van der Waals surface area contributed by atoms with Crippen LogP contribution >= 0.6 is 11.6 Å². The average Bonchev–Trinajstić information content (AvgIpc) is 3.29. The number of aromatic amines is 1. The number of carbonyl (C=O) groups is 1. The molecule has 0 atom stereocenters. The lowest BCUT2D eigenvalue weighted by atomic mass is 10.1. The number of aromatic nitrogens is 2. The maximum Gasteiger partial charge on any atom is 0.272 e. The van der Waals surface area contributed by atoms with Gasteiger partial charge < -0.3 is 15.5 Å². The van der Waals surface area contributed by atoms with Crippen molar-refractivity contribution in [3.05, 3.63) is 69.1 Å². The molecule has 156 valence electrons. The van der Waals surface area contributed by atoms with Crippen LogP contribution in [0.1, 0.15) is 28.8 Å². The van der Waals surface area contributed by atoms with E-state index in [0.29, 0.717) is 29.4 Å². The third kappa shape index (κ3) is 4.80. The van der Waals surface area contributed by atoms with Crippen molar-refractivity contribution < 1.29 is 4.79 Å². The van der Waals surface area contributed by atoms with Crippen LogP contribution in [0.15, 0.2) is 47.3 Å². The van der Waals surface area contributed by atoms with Crippen LogP contribution in [-0.4, -0.2) is 47.2 Å². The van der Waals surface area contributed by atoms with Crippen LogP contribution in [0.4, 0.5) is 5.69 Å². The van der Waals surface area contributed by atoms with E-state index in [1.807, 2.05) is 36.4 Å². The summed E-state index contributed by atoms with van der Waals surface area (Å²) in [7, 11) is 0. The van der Waals surface area contributed by atoms with Crippen LogP contribution in [-0.2, 0) is 6.54 Å². The van der Waals surface area contributed by atoms with E-state index in [4.69, 9.17) is 11.6 Å². The van der Waals surface area contributed by atoms with Gasteiger partial charge in [-0.3, -0.25) is 9.59 Å². The van der Waals surface area contributed by atoms with E-state index in [1.54, 1.807) is 6.07 Å². The van der Waals surface area contributed by atoms with Gasteiger partial charge in [-0.05, 0) is 61.8 Å². The van der Waals surface area contributed by atoms with Crippen molar-refractivity contribution in [2.45, 2.75) is 19.4 Å². The molecule has 0 spiro atoms. The van der Waals surface area contributed by atoms with Gasteiger partial charge in [0.15, 0.2) is 5.15 Å². The molecule has 4 rings (SSSR count). The Balaban J connectivity index is 1.32. The Morgan fingerprint density at radius 3 is 2.63 bits per heavy atom. The molecule has 1 aromatic heterocycles. The summed E-state index contributed by atoms with van der Waals surface area (Å²) in [4.78, 5) is 26.5. The Bertz CT molecular complexity index is 1090. The third-order valence-corrected chi connectivity index (χ3v) is 5.66. The maximum absolute atomic E-state index is 12.3. The first kappa shape index (κ1) is 20.4. The molecule has 0 saturated carbocycles. The number of amides is 1. The lowest BCUT2D eigenvalue weighted by Crippen LogP contribution is -2.33. The standard InChI is InChI=1S/C22H24ClN5O2/c23-20-19-13-17(7-8-18(19)22(30)27-26-20)25-14-15-3-5-16(6-4-15)21(29)24-9-12-28-10-1-2-11-28/h3-8,13,25H,1-2,9-12,14H2,(H,24,29)(H,27,30). The Labute approximate surface area is 179 Å². The number of H-pyrrole nitrogens is 1. The number of anilines is 1. The van der Waals surface area contributed by atoms with Crippen molar-refractivity contribution >= 4 is 34.0 Å². The fraction of sp³-hybridized carbons (Fsp3) is 0.318. The Kier molecular flexibility index (Phi) is 6.30. The zero-order chi connectivity index (χ0) is 20.9. The number of halogens is 1. The molecule has 30 heavy (non-hydrogen) atoms. The van der Waals surface area contributed by atoms with Crippen LogP contribution in [0.2, 0.25) is 5.15 Å². The van der Waals surface area contributed by atoms with Gasteiger partial charge in [0.2, 0.25) is 0 Å². The monoisotopic (exact) mass is 425 g/mol. The minimum atomic E-state index is -0.268. The number of rotatable bonds is 7. The molecule has 1 aliphatic heterocycles. The van der Waals surface area contributed by atoms with Crippen LogP contribution in [0, 0.1) is 0 Å². The summed E-state index contributed by atoms with van der Waals surface area (Å²) in [5.74, 6) is -0.0457. The van der Waals surface area contributed by atoms with Crippen molar-refractivity contribution in [3.8, 4) is 0 Å². The number of benzene rings is 2. The first-order chi connectivity index (χ1) is 14.6. The molecule has 2 heterocycles. The summed E-state index contributed by atoms with van der Waals surface area (Å²) in [6, 6.07) is 12.9. The van der Waals surface area contributed by atoms with Gasteiger partial charge in [0.05, 0.1) is 5.39 Å². The van der Waals surface area contributed by atoms with Crippen molar-refractivity contribution in [2.24, 2.45) is 0 Å². The number of hydrogen-bond acceptors (Lipinski definition) is 5. The van der Waals surface area contributed by atoms with Gasteiger partial charge in [0, 0.05) is 36.3 Å². The quantitative estimate of drug-likeness (QED) is 0.541. The van der Waals surface area contributed by atoms with E-state index in [-0.39, 0.29) is 16.6 Å². The third-order valence-electron chi connectivity index (χ3n) is 5.37. The number of hydrogen-bond donors (Lipinski definition) is 3. The predicted octanol–water partition coefficient (Wildman–Crippen LogP) is 3.01. The first-order valence-electron chi connectivity index (χ1n) is 10.1. The van der Waals surface area contributed by atoms with Gasteiger partial charge in [-0.15, -0.1) is 0 Å². The molecule has 8 heteroatoms. The lowest BCUT2D eigenvalue weighted by Gasteiger charge is -2.14. The average molecular weight is 426 g/mol. The minimum Gasteiger partial charge on any atom is -0.381 e. The summed E-state index contributed by atoms with van der Waals surface area (Å²) in [5, 5.41) is 13.8. The van der Waals surface area contributed by atoms with E-state index < -0.39 is 0 Å². The van der Waals surface area contributed by atoms with Gasteiger partial charge in [0.25, 0.3) is 11.5 Å². The summed E-state index contributed by atoms with van der Waals surface area (Å²) in [6.45, 7) is 4.42. The van der Waals surface area contributed by atoms with Gasteiger partial charge >= 0.3 is 0 Å². The Morgan fingerprint density at radius 2 is 1.87 bits per heavy atom. The highest BCUT2D eigenvalue weighted by atomic mass is 35.5. The zero-order valence-electron chi connectivity index (χ0n) is 16.6. The highest BCUT2D eigenvalue weighted by Gasteiger charge is 2.12. The predicted molar refractivity (Wildman–Crippen MR) is 119 cm³/mol. The van der Waals surface area contributed by atoms with Crippen molar-refractivity contribution in [3.63, 3.8) is 0 Å². The van der Waals surface area contributed by atoms with Gasteiger partial charge in [-0.2, -0.15) is 5.10 Å². The zero-order valence-corrected chi connectivity index (χ0v) is 17.3. The highest BCUT2D eigenvalue weighted by Crippen LogP contribution is 2.22. The molecule has 1 fully saturated rings. The topological polar surface area (TPSA) is 90.1 Å². The van der Waals surface area contributed by atoms with Crippen molar-refractivity contribution in [1.29, 1.82) is 0 Å². The number of likely N-dealkylation sites (tertiary alicyclic amines) is 1. The van der Waals surface area contributed by atoms with Crippen LogP contribution in [0.3, 0.4) is 0 Å². The molecule has 0 unspecified atom stereocenters. The van der Waals surface area contributed by atoms with Crippen molar-refractivity contribution in [2.75, 3.05) is 31.5 Å². The van der Waals surface area contributed by atoms with Crippen LogP contribution in [0.5, 0.6) is 0 Å². The summed E-state index contributed by atoms with van der Waals surface area (Å²) < 4.78 is 0. The molecule has 1 amide bonds. The maximum atomic E-state index is 12.3. The number of nitrogens with one attached hydrogen (secondary N) is 3. The molecule has 0 bridgehead atoms. The largest absolute Gasteiger partial charge is 0.381 e. The van der Waals surface area contributed by atoms with E-state index in [1.165, 1.54) is 12.8 Å². The van der Waals surface area contributed by atoms with Crippen LogP contribution in [0.25, 0.3) is 10.8 Å². The molecule has 1 aliphatic rings. The number of fused-ring (bicyclic) bond motifs is 1. The molecular weight excluding hydrogens is 402 g/mol. The normalized spacial score (nSPS) is 14.2. The molecule has 3 aromatic rings. The van der Waals surface area contributed by atoms with Crippen molar-refractivity contribution in [1.82, 2.24) is 20.4 Å². The molecule has 0 aliphatic carbocycles. The number of nitrogens with zero attached hydrogens (tertiary/aromatic N) is 2. The molecule has 2 aromatic carbocycles. The molecule has 7 nitrogen and oxygen atoms in total. The smallest absolute Gasteiger partial charge is 0.272 e.